The summed E-state index contributed by atoms with van der Waals surface area (Å²) in [6, 6.07) is 6.00. The van der Waals surface area contributed by atoms with Crippen LogP contribution in [-0.2, 0) is 4.79 Å². The molecule has 1 N–H and O–H groups in total. The van der Waals surface area contributed by atoms with Crippen molar-refractivity contribution in [1.82, 2.24) is 4.90 Å². The molecule has 1 aromatic carbocycles. The molecule has 1 amide bonds. The van der Waals surface area contributed by atoms with Gasteiger partial charge >= 0.3 is 0 Å². The van der Waals surface area contributed by atoms with Crippen LogP contribution in [0.5, 0.6) is 5.75 Å². The molecular weight excluding hydrogens is 360 g/mol. The van der Waals surface area contributed by atoms with E-state index in [-0.39, 0.29) is 11.3 Å². The average Bonchev–Trinajstić information content (AvgIpc) is 2.96. The topological polar surface area (TPSA) is 41.6 Å². The molecule has 0 heterocycles. The van der Waals surface area contributed by atoms with E-state index in [0.29, 0.717) is 18.4 Å². The molecule has 5 unspecified atom stereocenters. The van der Waals surface area contributed by atoms with Crippen molar-refractivity contribution in [2.24, 2.45) is 28.6 Å². The van der Waals surface area contributed by atoms with E-state index in [0.717, 1.165) is 47.7 Å². The van der Waals surface area contributed by atoms with E-state index in [9.17, 15) is 4.79 Å². The lowest BCUT2D eigenvalue weighted by molar-refractivity contribution is -0.119. The van der Waals surface area contributed by atoms with Gasteiger partial charge in [-0.2, -0.15) is 0 Å². The van der Waals surface area contributed by atoms with Crippen molar-refractivity contribution in [3.05, 3.63) is 23.8 Å². The summed E-state index contributed by atoms with van der Waals surface area (Å²) in [5, 5.41) is 3.23. The Morgan fingerprint density at radius 3 is 2.90 bits per heavy atom. The molecule has 1 spiro atoms. The number of amides is 1. The number of fused-ring (bicyclic) bond motifs is 2. The maximum absolute atomic E-state index is 13.1. The van der Waals surface area contributed by atoms with Gasteiger partial charge in [-0.15, -0.1) is 0 Å². The van der Waals surface area contributed by atoms with Crippen LogP contribution in [0.2, 0.25) is 0 Å². The largest absolute Gasteiger partial charge is 0.493 e. The van der Waals surface area contributed by atoms with Crippen LogP contribution in [0.4, 0.5) is 5.69 Å². The van der Waals surface area contributed by atoms with Crippen LogP contribution in [0.15, 0.2) is 18.2 Å². The summed E-state index contributed by atoms with van der Waals surface area (Å²) in [5.41, 5.74) is 2.89. The van der Waals surface area contributed by atoms with E-state index >= 15 is 0 Å². The zero-order chi connectivity index (χ0) is 20.2. The van der Waals surface area contributed by atoms with E-state index in [2.05, 4.69) is 31.2 Å². The smallest absolute Gasteiger partial charge is 0.224 e. The van der Waals surface area contributed by atoms with Gasteiger partial charge in [-0.05, 0) is 107 Å². The molecule has 0 aromatic heterocycles. The molecular formula is C25H36N2O2. The normalized spacial score (nSPS) is 36.2. The number of nitrogens with zero attached hydrogens (tertiary/aromatic N) is 1. The minimum atomic E-state index is 0.202. The maximum Gasteiger partial charge on any atom is 0.224 e. The van der Waals surface area contributed by atoms with Gasteiger partial charge in [-0.1, -0.05) is 6.07 Å². The van der Waals surface area contributed by atoms with E-state index < -0.39 is 0 Å². The molecule has 1 aromatic rings. The number of carbonyl (C=O) groups excluding carboxylic acids is 1. The summed E-state index contributed by atoms with van der Waals surface area (Å²) in [6.45, 7) is 3.77. The Morgan fingerprint density at radius 2 is 2.07 bits per heavy atom. The second kappa shape index (κ2) is 7.01. The standard InChI is InChI=1S/C25H36N2O2/c1-17-21(6-4-7-22(17)29-9-5-8-27(2)3)26-23(28)15-24-12-18-10-19-11-20(14-24)25(19,13-18)16-24/h4,6-7,18-20H,5,8-16H2,1-3H3,(H,26,28). The minimum absolute atomic E-state index is 0.202. The number of anilines is 1. The maximum atomic E-state index is 13.1. The van der Waals surface area contributed by atoms with Gasteiger partial charge in [0, 0.05) is 24.2 Å². The minimum Gasteiger partial charge on any atom is -0.493 e. The molecule has 4 aliphatic rings. The fraction of sp³-hybridized carbons (Fsp3) is 0.720. The number of benzene rings is 1. The first kappa shape index (κ1) is 19.4. The molecule has 0 aliphatic heterocycles. The van der Waals surface area contributed by atoms with Crippen LogP contribution >= 0.6 is 0 Å². The van der Waals surface area contributed by atoms with Crippen molar-refractivity contribution in [1.29, 1.82) is 0 Å². The first-order valence-corrected chi connectivity index (χ1v) is 11.6. The van der Waals surface area contributed by atoms with Crippen LogP contribution in [0.3, 0.4) is 0 Å². The monoisotopic (exact) mass is 396 g/mol. The van der Waals surface area contributed by atoms with Gasteiger partial charge < -0.3 is 15.0 Å². The lowest BCUT2D eigenvalue weighted by Gasteiger charge is -2.49. The zero-order valence-electron chi connectivity index (χ0n) is 18.3. The number of rotatable bonds is 8. The predicted molar refractivity (Wildman–Crippen MR) is 116 cm³/mol. The van der Waals surface area contributed by atoms with E-state index in [1.807, 2.05) is 18.2 Å². The average molecular weight is 397 g/mol. The van der Waals surface area contributed by atoms with E-state index in [1.165, 1.54) is 38.5 Å². The Kier molecular flexibility index (Phi) is 4.69. The van der Waals surface area contributed by atoms with Crippen molar-refractivity contribution >= 4 is 11.6 Å². The van der Waals surface area contributed by atoms with E-state index in [1.54, 1.807) is 0 Å². The zero-order valence-corrected chi connectivity index (χ0v) is 18.3. The van der Waals surface area contributed by atoms with Crippen molar-refractivity contribution < 1.29 is 9.53 Å². The number of hydrogen-bond acceptors (Lipinski definition) is 3. The third-order valence-corrected chi connectivity index (χ3v) is 8.69. The quantitative estimate of drug-likeness (QED) is 0.637. The molecule has 158 valence electrons. The first-order chi connectivity index (χ1) is 13.9. The van der Waals surface area contributed by atoms with Gasteiger partial charge in [0.25, 0.3) is 0 Å². The molecule has 0 radical (unpaired) electrons. The van der Waals surface area contributed by atoms with Crippen molar-refractivity contribution in [3.8, 4) is 5.75 Å². The van der Waals surface area contributed by atoms with Crippen LogP contribution in [-0.4, -0.2) is 38.1 Å². The number of ether oxygens (including phenoxy) is 1. The number of hydrogen-bond donors (Lipinski definition) is 1. The highest BCUT2D eigenvalue weighted by Gasteiger charge is 2.70. The third-order valence-electron chi connectivity index (χ3n) is 8.69. The fourth-order valence-corrected chi connectivity index (χ4v) is 7.75. The lowest BCUT2D eigenvalue weighted by atomic mass is 9.55. The number of carbonyl (C=O) groups is 1. The van der Waals surface area contributed by atoms with Crippen molar-refractivity contribution in [2.75, 3.05) is 32.6 Å². The third kappa shape index (κ3) is 3.28. The molecule has 4 aliphatic carbocycles. The van der Waals surface area contributed by atoms with Crippen LogP contribution in [0.25, 0.3) is 0 Å². The lowest BCUT2D eigenvalue weighted by Crippen LogP contribution is -2.42. The Labute approximate surface area is 175 Å². The Bertz CT molecular complexity index is 802. The molecule has 0 saturated heterocycles. The van der Waals surface area contributed by atoms with E-state index in [4.69, 9.17) is 4.74 Å². The SMILES string of the molecule is Cc1c(NC(=O)CC23CC4CC5CC(C2)C5(C4)C3)cccc1OCCCN(C)C. The van der Waals surface area contributed by atoms with Gasteiger partial charge in [0.2, 0.25) is 5.91 Å². The highest BCUT2D eigenvalue weighted by atomic mass is 16.5. The van der Waals surface area contributed by atoms with Crippen LogP contribution < -0.4 is 10.1 Å². The molecule has 5 rings (SSSR count). The second-order valence-corrected chi connectivity index (χ2v) is 10.9. The van der Waals surface area contributed by atoms with Crippen molar-refractivity contribution in [2.45, 2.75) is 58.3 Å². The summed E-state index contributed by atoms with van der Waals surface area (Å²) in [6.07, 6.45) is 10.0. The summed E-state index contributed by atoms with van der Waals surface area (Å²) in [4.78, 5) is 15.2. The van der Waals surface area contributed by atoms with Crippen LogP contribution in [0, 0.1) is 35.5 Å². The second-order valence-electron chi connectivity index (χ2n) is 10.9. The summed E-state index contributed by atoms with van der Waals surface area (Å²) in [5.74, 6) is 3.90. The Morgan fingerprint density at radius 1 is 1.21 bits per heavy atom. The number of nitrogens with one attached hydrogen (secondary N) is 1. The molecule has 4 fully saturated rings. The molecule has 4 nitrogen and oxygen atoms in total. The van der Waals surface area contributed by atoms with Gasteiger partial charge in [0.1, 0.15) is 5.75 Å². The van der Waals surface area contributed by atoms with Crippen LogP contribution in [0.1, 0.15) is 56.9 Å². The van der Waals surface area contributed by atoms with Gasteiger partial charge in [0.05, 0.1) is 6.61 Å². The highest BCUT2D eigenvalue weighted by molar-refractivity contribution is 5.92. The molecule has 29 heavy (non-hydrogen) atoms. The Balaban J connectivity index is 1.21. The molecule has 4 heteroatoms. The molecule has 4 saturated carbocycles. The molecule has 5 atom stereocenters. The van der Waals surface area contributed by atoms with Gasteiger partial charge in [-0.25, -0.2) is 0 Å². The van der Waals surface area contributed by atoms with Gasteiger partial charge in [0.15, 0.2) is 0 Å². The summed E-state index contributed by atoms with van der Waals surface area (Å²) in [7, 11) is 4.16. The van der Waals surface area contributed by atoms with Crippen molar-refractivity contribution in [3.63, 3.8) is 0 Å². The summed E-state index contributed by atoms with van der Waals surface area (Å²) < 4.78 is 5.98. The summed E-state index contributed by atoms with van der Waals surface area (Å²) >= 11 is 0. The Hall–Kier alpha value is -1.55. The highest BCUT2D eigenvalue weighted by Crippen LogP contribution is 2.79. The fourth-order valence-electron chi connectivity index (χ4n) is 7.75. The van der Waals surface area contributed by atoms with Gasteiger partial charge in [-0.3, -0.25) is 4.79 Å². The predicted octanol–water partition coefficient (Wildman–Crippen LogP) is 4.87. The molecule has 3 bridgehead atoms. The first-order valence-electron chi connectivity index (χ1n) is 11.6.